The third-order valence-corrected chi connectivity index (χ3v) is 3.83. The van der Waals surface area contributed by atoms with Crippen LogP contribution in [0.5, 0.6) is 0 Å². The van der Waals surface area contributed by atoms with Crippen molar-refractivity contribution in [2.24, 2.45) is 0 Å². The fourth-order valence-electron chi connectivity index (χ4n) is 1.61. The molecule has 1 aromatic carbocycles. The van der Waals surface area contributed by atoms with Gasteiger partial charge in [-0.25, -0.2) is 0 Å². The van der Waals surface area contributed by atoms with Crippen molar-refractivity contribution in [1.82, 2.24) is 10.2 Å². The van der Waals surface area contributed by atoms with E-state index < -0.39 is 11.8 Å². The number of amides is 3. The standard InChI is InChI=1S/C11H8BrIN2O3/c12-6-1-2-8(13)7(3-6)11(18)15-4-9(16)14-10(17)5-15/h1-3H,4-5H2,(H,14,16,17). The van der Waals surface area contributed by atoms with Crippen molar-refractivity contribution in [3.05, 3.63) is 31.8 Å². The quantitative estimate of drug-likeness (QED) is 0.545. The summed E-state index contributed by atoms with van der Waals surface area (Å²) in [6.45, 7) is -0.180. The van der Waals surface area contributed by atoms with E-state index >= 15 is 0 Å². The number of rotatable bonds is 1. The Morgan fingerprint density at radius 2 is 1.89 bits per heavy atom. The molecule has 5 nitrogen and oxygen atoms in total. The highest BCUT2D eigenvalue weighted by Gasteiger charge is 2.28. The van der Waals surface area contributed by atoms with Crippen LogP contribution >= 0.6 is 38.5 Å². The van der Waals surface area contributed by atoms with Crippen LogP contribution in [0.15, 0.2) is 22.7 Å². The molecule has 0 unspecified atom stereocenters. The molecule has 0 spiro atoms. The summed E-state index contributed by atoms with van der Waals surface area (Å²) in [5.74, 6) is -1.22. The lowest BCUT2D eigenvalue weighted by Gasteiger charge is -2.25. The molecule has 7 heteroatoms. The first kappa shape index (κ1) is 13.5. The number of benzene rings is 1. The van der Waals surface area contributed by atoms with E-state index in [-0.39, 0.29) is 19.0 Å². The SMILES string of the molecule is O=C1CN(C(=O)c2cc(Br)ccc2I)CC(=O)N1. The first-order valence-electron chi connectivity index (χ1n) is 5.04. The van der Waals surface area contributed by atoms with Crippen LogP contribution in [0.2, 0.25) is 0 Å². The second kappa shape index (κ2) is 5.35. The lowest BCUT2D eigenvalue weighted by atomic mass is 10.2. The normalized spacial score (nSPS) is 15.6. The van der Waals surface area contributed by atoms with E-state index in [1.54, 1.807) is 12.1 Å². The Morgan fingerprint density at radius 3 is 2.50 bits per heavy atom. The van der Waals surface area contributed by atoms with E-state index in [2.05, 4.69) is 21.2 Å². The number of halogens is 2. The Labute approximate surface area is 125 Å². The summed E-state index contributed by atoms with van der Waals surface area (Å²) in [6, 6.07) is 5.30. The molecular weight excluding hydrogens is 415 g/mol. The van der Waals surface area contributed by atoms with Gasteiger partial charge in [0.25, 0.3) is 5.91 Å². The smallest absolute Gasteiger partial charge is 0.255 e. The molecule has 1 heterocycles. The predicted molar refractivity (Wildman–Crippen MR) is 75.9 cm³/mol. The van der Waals surface area contributed by atoms with Crippen LogP contribution in [0.3, 0.4) is 0 Å². The van der Waals surface area contributed by atoms with Gasteiger partial charge in [0.1, 0.15) is 13.1 Å². The first-order valence-corrected chi connectivity index (χ1v) is 6.91. The second-order valence-electron chi connectivity index (χ2n) is 3.76. The van der Waals surface area contributed by atoms with E-state index in [1.165, 1.54) is 4.90 Å². The summed E-state index contributed by atoms with van der Waals surface area (Å²) >= 11 is 5.34. The van der Waals surface area contributed by atoms with Crippen molar-refractivity contribution < 1.29 is 14.4 Å². The van der Waals surface area contributed by atoms with E-state index in [1.807, 2.05) is 28.7 Å². The van der Waals surface area contributed by atoms with Gasteiger partial charge in [-0.3, -0.25) is 19.7 Å². The highest BCUT2D eigenvalue weighted by atomic mass is 127. The number of hydrogen-bond acceptors (Lipinski definition) is 3. The molecule has 1 aliphatic rings. The number of hydrogen-bond donors (Lipinski definition) is 1. The molecule has 1 fully saturated rings. The van der Waals surface area contributed by atoms with Crippen molar-refractivity contribution >= 4 is 56.2 Å². The molecule has 3 amide bonds. The summed E-state index contributed by atoms with van der Waals surface area (Å²) in [5.41, 5.74) is 0.479. The van der Waals surface area contributed by atoms with Crippen LogP contribution in [0.1, 0.15) is 10.4 Å². The van der Waals surface area contributed by atoms with Crippen molar-refractivity contribution in [3.8, 4) is 0 Å². The molecule has 1 N–H and O–H groups in total. The molecule has 18 heavy (non-hydrogen) atoms. The molecule has 0 aromatic heterocycles. The molecule has 1 saturated heterocycles. The van der Waals surface area contributed by atoms with Gasteiger partial charge in [-0.05, 0) is 40.8 Å². The van der Waals surface area contributed by atoms with Crippen molar-refractivity contribution in [1.29, 1.82) is 0 Å². The number of piperazine rings is 1. The summed E-state index contributed by atoms with van der Waals surface area (Å²) in [6.07, 6.45) is 0. The van der Waals surface area contributed by atoms with E-state index in [0.717, 1.165) is 8.04 Å². The molecule has 0 aliphatic carbocycles. The summed E-state index contributed by atoms with van der Waals surface area (Å²) in [4.78, 5) is 35.9. The largest absolute Gasteiger partial charge is 0.320 e. The van der Waals surface area contributed by atoms with Crippen LogP contribution < -0.4 is 5.32 Å². The number of carbonyl (C=O) groups is 3. The molecule has 0 saturated carbocycles. The van der Waals surface area contributed by atoms with E-state index in [0.29, 0.717) is 5.56 Å². The highest BCUT2D eigenvalue weighted by Crippen LogP contribution is 2.20. The van der Waals surface area contributed by atoms with Crippen molar-refractivity contribution in [2.75, 3.05) is 13.1 Å². The number of imide groups is 1. The first-order chi connectivity index (χ1) is 8.47. The lowest BCUT2D eigenvalue weighted by molar-refractivity contribution is -0.135. The zero-order chi connectivity index (χ0) is 13.3. The number of nitrogens with zero attached hydrogens (tertiary/aromatic N) is 1. The maximum absolute atomic E-state index is 12.2. The second-order valence-corrected chi connectivity index (χ2v) is 5.83. The summed E-state index contributed by atoms with van der Waals surface area (Å²) < 4.78 is 1.55. The van der Waals surface area contributed by atoms with E-state index in [4.69, 9.17) is 0 Å². The highest BCUT2D eigenvalue weighted by molar-refractivity contribution is 14.1. The van der Waals surface area contributed by atoms with Gasteiger partial charge < -0.3 is 4.90 Å². The Balaban J connectivity index is 2.28. The van der Waals surface area contributed by atoms with Crippen molar-refractivity contribution in [2.45, 2.75) is 0 Å². The zero-order valence-corrected chi connectivity index (χ0v) is 12.8. The van der Waals surface area contributed by atoms with Gasteiger partial charge in [-0.2, -0.15) is 0 Å². The van der Waals surface area contributed by atoms with E-state index in [9.17, 15) is 14.4 Å². The maximum Gasteiger partial charge on any atom is 0.255 e. The summed E-state index contributed by atoms with van der Waals surface area (Å²) in [7, 11) is 0. The molecule has 0 atom stereocenters. The van der Waals surface area contributed by atoms with Gasteiger partial charge in [0.05, 0.1) is 5.56 Å². The molecular formula is C11H8BrIN2O3. The third-order valence-electron chi connectivity index (χ3n) is 2.39. The van der Waals surface area contributed by atoms with Crippen LogP contribution in [0.4, 0.5) is 0 Å². The molecule has 0 radical (unpaired) electrons. The van der Waals surface area contributed by atoms with Crippen molar-refractivity contribution in [3.63, 3.8) is 0 Å². The van der Waals surface area contributed by atoms with Crippen LogP contribution in [0.25, 0.3) is 0 Å². The molecule has 1 aliphatic heterocycles. The molecule has 94 valence electrons. The van der Waals surface area contributed by atoms with Crippen LogP contribution in [-0.2, 0) is 9.59 Å². The van der Waals surface area contributed by atoms with Gasteiger partial charge in [0.15, 0.2) is 0 Å². The predicted octanol–water partition coefficient (Wildman–Crippen LogP) is 1.15. The Morgan fingerprint density at radius 1 is 1.28 bits per heavy atom. The van der Waals surface area contributed by atoms with Gasteiger partial charge >= 0.3 is 0 Å². The minimum absolute atomic E-state index is 0.0901. The molecule has 1 aromatic rings. The van der Waals surface area contributed by atoms with Gasteiger partial charge in [-0.15, -0.1) is 0 Å². The van der Waals surface area contributed by atoms with Gasteiger partial charge in [-0.1, -0.05) is 15.9 Å². The zero-order valence-electron chi connectivity index (χ0n) is 9.07. The number of carbonyl (C=O) groups excluding carboxylic acids is 3. The monoisotopic (exact) mass is 422 g/mol. The third kappa shape index (κ3) is 2.89. The van der Waals surface area contributed by atoms with Crippen LogP contribution in [0, 0.1) is 3.57 Å². The fourth-order valence-corrected chi connectivity index (χ4v) is 2.54. The maximum atomic E-state index is 12.2. The lowest BCUT2D eigenvalue weighted by Crippen LogP contribution is -2.53. The van der Waals surface area contributed by atoms with Gasteiger partial charge in [0, 0.05) is 8.04 Å². The Kier molecular flexibility index (Phi) is 4.00. The topological polar surface area (TPSA) is 66.5 Å². The average Bonchev–Trinajstić information content (AvgIpc) is 2.30. The van der Waals surface area contributed by atoms with Gasteiger partial charge in [0.2, 0.25) is 11.8 Å². The average molecular weight is 423 g/mol. The summed E-state index contributed by atoms with van der Waals surface area (Å²) in [5, 5.41) is 2.16. The minimum atomic E-state index is -0.454. The Hall–Kier alpha value is -0.960. The van der Waals surface area contributed by atoms with Crippen LogP contribution in [-0.4, -0.2) is 35.7 Å². The molecule has 2 rings (SSSR count). The fraction of sp³-hybridized carbons (Fsp3) is 0.182. The molecule has 0 bridgehead atoms. The Bertz CT molecular complexity index is 531. The minimum Gasteiger partial charge on any atom is -0.320 e. The number of nitrogens with one attached hydrogen (secondary N) is 1.